The summed E-state index contributed by atoms with van der Waals surface area (Å²) in [4.78, 5) is 8.01. The van der Waals surface area contributed by atoms with Gasteiger partial charge in [0.25, 0.3) is 0 Å². The van der Waals surface area contributed by atoms with Crippen molar-refractivity contribution in [2.45, 2.75) is 12.7 Å². The van der Waals surface area contributed by atoms with Crippen LogP contribution in [0.25, 0.3) is 11.0 Å². The molecule has 0 fully saturated rings. The number of pyridine rings is 1. The van der Waals surface area contributed by atoms with Crippen molar-refractivity contribution < 1.29 is 13.2 Å². The van der Waals surface area contributed by atoms with Gasteiger partial charge in [-0.3, -0.25) is 4.98 Å². The number of benzene rings is 1. The molecule has 1 aromatic carbocycles. The number of halogens is 3. The molecule has 0 bridgehead atoms. The first-order valence-electron chi connectivity index (χ1n) is 6.15. The summed E-state index contributed by atoms with van der Waals surface area (Å²) >= 11 is 0. The van der Waals surface area contributed by atoms with E-state index in [4.69, 9.17) is 5.73 Å². The number of nitrogens with two attached hydrogens (primary N) is 1. The SMILES string of the molecule is Nc1cc(C(F)(F)F)cc2ncn(Cc3cccnc3)c12. The van der Waals surface area contributed by atoms with Crippen molar-refractivity contribution in [1.82, 2.24) is 14.5 Å². The summed E-state index contributed by atoms with van der Waals surface area (Å²) in [5.41, 5.74) is 6.67. The van der Waals surface area contributed by atoms with Gasteiger partial charge in [0.2, 0.25) is 0 Å². The van der Waals surface area contributed by atoms with E-state index < -0.39 is 11.7 Å². The van der Waals surface area contributed by atoms with Gasteiger partial charge in [0.15, 0.2) is 0 Å². The summed E-state index contributed by atoms with van der Waals surface area (Å²) < 4.78 is 40.0. The molecular formula is C14H11F3N4. The van der Waals surface area contributed by atoms with E-state index in [1.54, 1.807) is 23.0 Å². The maximum Gasteiger partial charge on any atom is 0.416 e. The molecule has 3 aromatic rings. The molecule has 0 saturated heterocycles. The molecule has 0 aliphatic carbocycles. The minimum Gasteiger partial charge on any atom is -0.397 e. The highest BCUT2D eigenvalue weighted by atomic mass is 19.4. The molecule has 0 atom stereocenters. The van der Waals surface area contributed by atoms with Crippen LogP contribution in [-0.2, 0) is 12.7 Å². The van der Waals surface area contributed by atoms with Crippen LogP contribution in [0.1, 0.15) is 11.1 Å². The van der Waals surface area contributed by atoms with Gasteiger partial charge < -0.3 is 10.3 Å². The quantitative estimate of drug-likeness (QED) is 0.738. The fraction of sp³-hybridized carbons (Fsp3) is 0.143. The number of nitrogen functional groups attached to an aromatic ring is 1. The van der Waals surface area contributed by atoms with Crippen molar-refractivity contribution in [3.8, 4) is 0 Å². The van der Waals surface area contributed by atoms with Crippen molar-refractivity contribution in [1.29, 1.82) is 0 Å². The van der Waals surface area contributed by atoms with Crippen LogP contribution < -0.4 is 5.73 Å². The summed E-state index contributed by atoms with van der Waals surface area (Å²) in [5, 5.41) is 0. The molecule has 3 rings (SSSR count). The average Bonchev–Trinajstić information content (AvgIpc) is 2.82. The van der Waals surface area contributed by atoms with Crippen LogP contribution in [0.4, 0.5) is 18.9 Å². The molecular weight excluding hydrogens is 281 g/mol. The third-order valence-electron chi connectivity index (χ3n) is 3.15. The van der Waals surface area contributed by atoms with Gasteiger partial charge in [0.1, 0.15) is 0 Å². The summed E-state index contributed by atoms with van der Waals surface area (Å²) in [7, 11) is 0. The summed E-state index contributed by atoms with van der Waals surface area (Å²) in [6.45, 7) is 0.444. The number of anilines is 1. The van der Waals surface area contributed by atoms with Gasteiger partial charge in [-0.15, -0.1) is 0 Å². The number of rotatable bonds is 2. The minimum atomic E-state index is -4.44. The van der Waals surface area contributed by atoms with Gasteiger partial charge in [0.05, 0.1) is 35.2 Å². The molecule has 0 aliphatic heterocycles. The van der Waals surface area contributed by atoms with E-state index in [1.165, 1.54) is 6.33 Å². The van der Waals surface area contributed by atoms with E-state index in [0.717, 1.165) is 17.7 Å². The first-order valence-corrected chi connectivity index (χ1v) is 6.15. The summed E-state index contributed by atoms with van der Waals surface area (Å²) in [6.07, 6.45) is 0.384. The van der Waals surface area contributed by atoms with Gasteiger partial charge in [-0.25, -0.2) is 4.98 Å². The highest BCUT2D eigenvalue weighted by Gasteiger charge is 2.31. The molecule has 0 unspecified atom stereocenters. The highest BCUT2D eigenvalue weighted by Crippen LogP contribution is 2.34. The summed E-state index contributed by atoms with van der Waals surface area (Å²) in [5.74, 6) is 0. The van der Waals surface area contributed by atoms with Gasteiger partial charge in [-0.2, -0.15) is 13.2 Å². The van der Waals surface area contributed by atoms with Crippen molar-refractivity contribution in [2.24, 2.45) is 0 Å². The fourth-order valence-electron chi connectivity index (χ4n) is 2.21. The van der Waals surface area contributed by atoms with Crippen molar-refractivity contribution in [2.75, 3.05) is 5.73 Å². The molecule has 0 aliphatic rings. The molecule has 4 nitrogen and oxygen atoms in total. The van der Waals surface area contributed by atoms with Crippen LogP contribution in [-0.4, -0.2) is 14.5 Å². The van der Waals surface area contributed by atoms with Crippen molar-refractivity contribution >= 4 is 16.7 Å². The Morgan fingerprint density at radius 3 is 2.71 bits per heavy atom. The van der Waals surface area contributed by atoms with Crippen LogP contribution in [0, 0.1) is 0 Å². The lowest BCUT2D eigenvalue weighted by Crippen LogP contribution is -2.07. The number of hydrogen-bond acceptors (Lipinski definition) is 3. The Balaban J connectivity index is 2.07. The molecule has 0 radical (unpaired) electrons. The number of nitrogens with zero attached hydrogens (tertiary/aromatic N) is 3. The van der Waals surface area contributed by atoms with Crippen LogP contribution >= 0.6 is 0 Å². The molecule has 108 valence electrons. The minimum absolute atomic E-state index is 0.0567. The normalized spacial score (nSPS) is 12.0. The molecule has 0 saturated carbocycles. The Morgan fingerprint density at radius 2 is 2.05 bits per heavy atom. The second-order valence-corrected chi connectivity index (χ2v) is 4.66. The molecule has 21 heavy (non-hydrogen) atoms. The zero-order chi connectivity index (χ0) is 15.0. The number of hydrogen-bond donors (Lipinski definition) is 1. The van der Waals surface area contributed by atoms with Crippen LogP contribution in [0.15, 0.2) is 43.0 Å². The Bertz CT molecular complexity index is 778. The fourth-order valence-corrected chi connectivity index (χ4v) is 2.21. The third-order valence-corrected chi connectivity index (χ3v) is 3.15. The maximum atomic E-state index is 12.8. The second kappa shape index (κ2) is 4.76. The van der Waals surface area contributed by atoms with Gasteiger partial charge in [-0.1, -0.05) is 6.07 Å². The van der Waals surface area contributed by atoms with Crippen LogP contribution in [0.5, 0.6) is 0 Å². The predicted molar refractivity (Wildman–Crippen MR) is 72.5 cm³/mol. The van der Waals surface area contributed by atoms with Crippen LogP contribution in [0.3, 0.4) is 0 Å². The topological polar surface area (TPSA) is 56.7 Å². The molecule has 2 heterocycles. The average molecular weight is 292 g/mol. The summed E-state index contributed by atoms with van der Waals surface area (Å²) in [6, 6.07) is 5.61. The van der Waals surface area contributed by atoms with E-state index in [0.29, 0.717) is 12.1 Å². The number of imidazole rings is 1. The number of fused-ring (bicyclic) bond motifs is 1. The molecule has 7 heteroatoms. The van der Waals surface area contributed by atoms with E-state index in [-0.39, 0.29) is 11.2 Å². The maximum absolute atomic E-state index is 12.8. The Kier molecular flexibility index (Phi) is 3.04. The van der Waals surface area contributed by atoms with Crippen molar-refractivity contribution in [3.05, 3.63) is 54.1 Å². The third kappa shape index (κ3) is 2.54. The van der Waals surface area contributed by atoms with Crippen molar-refractivity contribution in [3.63, 3.8) is 0 Å². The lowest BCUT2D eigenvalue weighted by molar-refractivity contribution is -0.137. The number of alkyl halides is 3. The van der Waals surface area contributed by atoms with E-state index in [1.807, 2.05) is 6.07 Å². The molecule has 0 amide bonds. The lowest BCUT2D eigenvalue weighted by atomic mass is 10.1. The zero-order valence-corrected chi connectivity index (χ0v) is 10.8. The lowest BCUT2D eigenvalue weighted by Gasteiger charge is -2.10. The second-order valence-electron chi connectivity index (χ2n) is 4.66. The standard InChI is InChI=1S/C14H11F3N4/c15-14(16,17)10-4-11(18)13-12(5-10)20-8-21(13)7-9-2-1-3-19-6-9/h1-6,8H,7,18H2. The highest BCUT2D eigenvalue weighted by molar-refractivity contribution is 5.88. The van der Waals surface area contributed by atoms with E-state index in [2.05, 4.69) is 9.97 Å². The van der Waals surface area contributed by atoms with E-state index >= 15 is 0 Å². The van der Waals surface area contributed by atoms with E-state index in [9.17, 15) is 13.2 Å². The smallest absolute Gasteiger partial charge is 0.397 e. The van der Waals surface area contributed by atoms with Gasteiger partial charge in [0, 0.05) is 12.4 Å². The Morgan fingerprint density at radius 1 is 1.24 bits per heavy atom. The monoisotopic (exact) mass is 292 g/mol. The number of aromatic nitrogens is 3. The molecule has 2 N–H and O–H groups in total. The van der Waals surface area contributed by atoms with Gasteiger partial charge in [-0.05, 0) is 23.8 Å². The first kappa shape index (κ1) is 13.4. The van der Waals surface area contributed by atoms with Gasteiger partial charge >= 0.3 is 6.18 Å². The molecule has 2 aromatic heterocycles. The zero-order valence-electron chi connectivity index (χ0n) is 10.8. The Hall–Kier alpha value is -2.57. The molecule has 0 spiro atoms. The Labute approximate surface area is 118 Å². The first-order chi connectivity index (χ1) is 9.95. The largest absolute Gasteiger partial charge is 0.416 e. The van der Waals surface area contributed by atoms with Crippen LogP contribution in [0.2, 0.25) is 0 Å². The predicted octanol–water partition coefficient (Wildman–Crippen LogP) is 3.08.